The number of rotatable bonds is 76. The Labute approximate surface area is 551 Å². The van der Waals surface area contributed by atoms with Crippen molar-refractivity contribution < 1.29 is 24.5 Å². The van der Waals surface area contributed by atoms with Crippen LogP contribution in [0.4, 0.5) is 0 Å². The van der Waals surface area contributed by atoms with E-state index in [1.807, 2.05) is 0 Å². The molecular weight excluding hydrogens is 1080 g/mol. The van der Waals surface area contributed by atoms with Gasteiger partial charge in [0.05, 0.1) is 25.4 Å². The molecule has 0 spiro atoms. The SMILES string of the molecule is CCCCC/C=C\C/C=C\CCCCCCCCCC(=O)OCCCCCCCCCCCCCCCC/C=C\CCCCCCCCCCCCCCCCCCCC(=O)NC(CO)C(O)CCCCCCCCCCCCCCCCCCCCC. The van der Waals surface area contributed by atoms with Gasteiger partial charge in [0.1, 0.15) is 0 Å². The van der Waals surface area contributed by atoms with Crippen LogP contribution in [0.25, 0.3) is 0 Å². The van der Waals surface area contributed by atoms with Gasteiger partial charge in [-0.15, -0.1) is 0 Å². The highest BCUT2D eigenvalue weighted by Gasteiger charge is 2.20. The van der Waals surface area contributed by atoms with E-state index in [-0.39, 0.29) is 18.5 Å². The highest BCUT2D eigenvalue weighted by molar-refractivity contribution is 5.76. The summed E-state index contributed by atoms with van der Waals surface area (Å²) in [5.41, 5.74) is 0. The van der Waals surface area contributed by atoms with Crippen molar-refractivity contribution in [2.24, 2.45) is 0 Å². The van der Waals surface area contributed by atoms with Gasteiger partial charge in [0.25, 0.3) is 0 Å². The van der Waals surface area contributed by atoms with Crippen LogP contribution in [0.5, 0.6) is 0 Å². The monoisotopic (exact) mass is 1240 g/mol. The molecule has 2 unspecified atom stereocenters. The smallest absolute Gasteiger partial charge is 0.305 e. The molecule has 0 aromatic heterocycles. The summed E-state index contributed by atoms with van der Waals surface area (Å²) in [6, 6.07) is -0.539. The molecule has 6 heteroatoms. The average molecular weight is 1240 g/mol. The van der Waals surface area contributed by atoms with Gasteiger partial charge in [-0.3, -0.25) is 9.59 Å². The number of hydrogen-bond donors (Lipinski definition) is 3. The predicted molar refractivity (Wildman–Crippen MR) is 389 cm³/mol. The summed E-state index contributed by atoms with van der Waals surface area (Å²) in [5, 5.41) is 23.4. The summed E-state index contributed by atoms with van der Waals surface area (Å²) in [6.07, 6.45) is 101. The van der Waals surface area contributed by atoms with Gasteiger partial charge in [-0.25, -0.2) is 0 Å². The Morgan fingerprint density at radius 2 is 0.568 bits per heavy atom. The fourth-order valence-corrected chi connectivity index (χ4v) is 12.8. The van der Waals surface area contributed by atoms with Crippen molar-refractivity contribution in [2.75, 3.05) is 13.2 Å². The number of carbonyl (C=O) groups is 2. The fraction of sp³-hybridized carbons (Fsp3) is 0.902. The molecule has 0 aliphatic rings. The lowest BCUT2D eigenvalue weighted by molar-refractivity contribution is -0.143. The standard InChI is InChI=1S/C82H157NO5/c1-3-5-7-9-11-13-15-17-19-21-39-43-46-50-54-58-62-66-70-74-80(85)79(78-84)83-81(86)75-71-67-63-59-55-51-47-44-40-37-35-33-31-29-27-25-23-22-24-26-28-30-32-34-36-38-41-45-49-53-57-61-65-69-73-77-88-82(87)76-72-68-64-60-56-52-48-42-20-18-16-14-12-10-8-6-4-2/h12,14,18,20,24,26,79-80,84-85H,3-11,13,15-17,19,21-23,25,27-78H2,1-2H3,(H,83,86)/b14-12-,20-18-,26-24-. The molecule has 0 aromatic carbocycles. The molecule has 3 N–H and O–H groups in total. The lowest BCUT2D eigenvalue weighted by atomic mass is 10.0. The number of hydrogen-bond acceptors (Lipinski definition) is 5. The third-order valence-electron chi connectivity index (χ3n) is 18.9. The summed E-state index contributed by atoms with van der Waals surface area (Å²) >= 11 is 0. The number of allylic oxidation sites excluding steroid dienone is 6. The van der Waals surface area contributed by atoms with Crippen molar-refractivity contribution >= 4 is 11.9 Å². The predicted octanol–water partition coefficient (Wildman–Crippen LogP) is 26.6. The van der Waals surface area contributed by atoms with E-state index in [1.165, 1.54) is 366 Å². The summed E-state index contributed by atoms with van der Waals surface area (Å²) < 4.78 is 5.51. The molecule has 0 rings (SSSR count). The van der Waals surface area contributed by atoms with Crippen LogP contribution < -0.4 is 5.32 Å². The normalized spacial score (nSPS) is 12.6. The molecule has 0 saturated heterocycles. The molecule has 88 heavy (non-hydrogen) atoms. The van der Waals surface area contributed by atoms with Crippen LogP contribution in [-0.4, -0.2) is 47.4 Å². The Hall–Kier alpha value is -1.92. The maximum absolute atomic E-state index is 12.6. The van der Waals surface area contributed by atoms with E-state index in [0.29, 0.717) is 25.9 Å². The fourth-order valence-electron chi connectivity index (χ4n) is 12.8. The highest BCUT2D eigenvalue weighted by Crippen LogP contribution is 2.20. The Morgan fingerprint density at radius 1 is 0.318 bits per heavy atom. The molecule has 0 heterocycles. The maximum atomic E-state index is 12.6. The van der Waals surface area contributed by atoms with Gasteiger partial charge in [-0.1, -0.05) is 391 Å². The second-order valence-electron chi connectivity index (χ2n) is 27.7. The molecule has 0 aliphatic heterocycles. The minimum atomic E-state index is -0.663. The minimum absolute atomic E-state index is 0.0131. The number of unbranched alkanes of at least 4 members (excludes halogenated alkanes) is 59. The molecule has 1 amide bonds. The number of aliphatic hydroxyl groups excluding tert-OH is 2. The largest absolute Gasteiger partial charge is 0.466 e. The third-order valence-corrected chi connectivity index (χ3v) is 18.9. The number of amides is 1. The van der Waals surface area contributed by atoms with Crippen molar-refractivity contribution in [1.82, 2.24) is 5.32 Å². The van der Waals surface area contributed by atoms with E-state index in [4.69, 9.17) is 4.74 Å². The number of nitrogens with one attached hydrogen (secondary N) is 1. The van der Waals surface area contributed by atoms with Gasteiger partial charge in [-0.2, -0.15) is 0 Å². The average Bonchev–Trinajstić information content (AvgIpc) is 3.58. The first-order chi connectivity index (χ1) is 43.5. The third kappa shape index (κ3) is 73.1. The van der Waals surface area contributed by atoms with E-state index >= 15 is 0 Å². The molecule has 0 radical (unpaired) electrons. The van der Waals surface area contributed by atoms with Crippen molar-refractivity contribution in [3.05, 3.63) is 36.5 Å². The summed E-state index contributed by atoms with van der Waals surface area (Å²) in [6.45, 7) is 4.97. The molecule has 0 aliphatic carbocycles. The topological polar surface area (TPSA) is 95.9 Å². The summed E-state index contributed by atoms with van der Waals surface area (Å²) in [5.74, 6) is -0.0136. The summed E-state index contributed by atoms with van der Waals surface area (Å²) in [4.78, 5) is 24.7. The number of aliphatic hydroxyl groups is 2. The van der Waals surface area contributed by atoms with E-state index in [1.54, 1.807) is 0 Å². The zero-order chi connectivity index (χ0) is 63.5. The number of esters is 1. The molecule has 0 aromatic rings. The molecule has 6 nitrogen and oxygen atoms in total. The Morgan fingerprint density at radius 3 is 0.898 bits per heavy atom. The second-order valence-corrected chi connectivity index (χ2v) is 27.7. The van der Waals surface area contributed by atoms with Crippen molar-refractivity contribution in [1.29, 1.82) is 0 Å². The minimum Gasteiger partial charge on any atom is -0.466 e. The Kier molecular flexibility index (Phi) is 75.8. The molecule has 0 saturated carbocycles. The van der Waals surface area contributed by atoms with E-state index in [0.717, 1.165) is 51.4 Å². The quantitative estimate of drug-likeness (QED) is 0.0320. The van der Waals surface area contributed by atoms with Crippen molar-refractivity contribution in [2.45, 2.75) is 463 Å². The Balaban J connectivity index is 3.34. The van der Waals surface area contributed by atoms with Crippen LogP contribution in [0.15, 0.2) is 36.5 Å². The van der Waals surface area contributed by atoms with E-state index in [9.17, 15) is 19.8 Å². The van der Waals surface area contributed by atoms with Crippen LogP contribution in [-0.2, 0) is 14.3 Å². The van der Waals surface area contributed by atoms with Crippen LogP contribution >= 0.6 is 0 Å². The summed E-state index contributed by atoms with van der Waals surface area (Å²) in [7, 11) is 0. The van der Waals surface area contributed by atoms with E-state index in [2.05, 4.69) is 55.6 Å². The van der Waals surface area contributed by atoms with Gasteiger partial charge in [0.15, 0.2) is 0 Å². The van der Waals surface area contributed by atoms with Crippen LogP contribution in [0.1, 0.15) is 450 Å². The molecule has 520 valence electrons. The molecule has 0 bridgehead atoms. The van der Waals surface area contributed by atoms with Crippen molar-refractivity contribution in [3.8, 4) is 0 Å². The van der Waals surface area contributed by atoms with E-state index < -0.39 is 12.1 Å². The zero-order valence-electron chi connectivity index (χ0n) is 59.7. The lowest BCUT2D eigenvalue weighted by Crippen LogP contribution is -2.45. The molecular formula is C82H157NO5. The van der Waals surface area contributed by atoms with Crippen LogP contribution in [0.3, 0.4) is 0 Å². The zero-order valence-corrected chi connectivity index (χ0v) is 59.7. The van der Waals surface area contributed by atoms with Gasteiger partial charge in [0.2, 0.25) is 5.91 Å². The number of carbonyl (C=O) groups excluding carboxylic acids is 2. The molecule has 2 atom stereocenters. The Bertz CT molecular complexity index is 1430. The van der Waals surface area contributed by atoms with Crippen molar-refractivity contribution in [3.63, 3.8) is 0 Å². The van der Waals surface area contributed by atoms with Crippen LogP contribution in [0, 0.1) is 0 Å². The first-order valence-corrected chi connectivity index (χ1v) is 40.2. The maximum Gasteiger partial charge on any atom is 0.305 e. The van der Waals surface area contributed by atoms with Gasteiger partial charge >= 0.3 is 5.97 Å². The number of ether oxygens (including phenoxy) is 1. The van der Waals surface area contributed by atoms with Gasteiger partial charge < -0.3 is 20.3 Å². The van der Waals surface area contributed by atoms with Crippen LogP contribution in [0.2, 0.25) is 0 Å². The van der Waals surface area contributed by atoms with Gasteiger partial charge in [-0.05, 0) is 83.5 Å². The highest BCUT2D eigenvalue weighted by atomic mass is 16.5. The first kappa shape index (κ1) is 86.1. The van der Waals surface area contributed by atoms with Gasteiger partial charge in [0, 0.05) is 12.8 Å². The lowest BCUT2D eigenvalue weighted by Gasteiger charge is -2.22. The second kappa shape index (κ2) is 77.5. The first-order valence-electron chi connectivity index (χ1n) is 40.2. The molecule has 0 fully saturated rings.